The van der Waals surface area contributed by atoms with E-state index in [4.69, 9.17) is 0 Å². The van der Waals surface area contributed by atoms with Crippen molar-refractivity contribution >= 4 is 12.0 Å². The Morgan fingerprint density at radius 3 is 2.67 bits per heavy atom. The topological polar surface area (TPSA) is 29.1 Å². The second-order valence-corrected chi connectivity index (χ2v) is 4.32. The van der Waals surface area contributed by atoms with Crippen molar-refractivity contribution in [1.82, 2.24) is 5.32 Å². The Kier molecular flexibility index (Phi) is 4.89. The third kappa shape index (κ3) is 4.32. The fraction of sp³-hybridized carbons (Fsp3) is 0.0556. The lowest BCUT2D eigenvalue weighted by Gasteiger charge is -2.01. The van der Waals surface area contributed by atoms with Crippen LogP contribution in [0.1, 0.15) is 21.5 Å². The lowest BCUT2D eigenvalue weighted by Crippen LogP contribution is -2.23. The van der Waals surface area contributed by atoms with Gasteiger partial charge in [0.2, 0.25) is 0 Å². The van der Waals surface area contributed by atoms with E-state index in [1.54, 1.807) is 30.3 Å². The van der Waals surface area contributed by atoms with E-state index < -0.39 is 0 Å². The van der Waals surface area contributed by atoms with Crippen molar-refractivity contribution < 1.29 is 9.18 Å². The molecule has 0 aliphatic heterocycles. The highest BCUT2D eigenvalue weighted by Gasteiger charge is 2.02. The molecule has 104 valence electrons. The summed E-state index contributed by atoms with van der Waals surface area (Å²) in [4.78, 5) is 11.8. The Bertz CT molecular complexity index is 708. The highest BCUT2D eigenvalue weighted by Crippen LogP contribution is 2.05. The lowest BCUT2D eigenvalue weighted by molar-refractivity contribution is 0.0958. The van der Waals surface area contributed by atoms with Crippen molar-refractivity contribution in [3.05, 3.63) is 77.6 Å². The largest absolute Gasteiger partial charge is 0.341 e. The molecule has 0 aromatic heterocycles. The van der Waals surface area contributed by atoms with Crippen LogP contribution in [0.25, 0.3) is 6.08 Å². The third-order valence-electron chi connectivity index (χ3n) is 2.80. The van der Waals surface area contributed by atoms with Gasteiger partial charge in [-0.1, -0.05) is 42.7 Å². The normalized spacial score (nSPS) is 9.38. The number of amides is 1. The zero-order chi connectivity index (χ0) is 15.1. The highest BCUT2D eigenvalue weighted by atomic mass is 19.1. The van der Waals surface area contributed by atoms with Gasteiger partial charge in [0.25, 0.3) is 5.91 Å². The summed E-state index contributed by atoms with van der Waals surface area (Å²) < 4.78 is 12.9. The molecule has 0 saturated heterocycles. The van der Waals surface area contributed by atoms with E-state index in [1.165, 1.54) is 12.1 Å². The molecule has 0 saturated carbocycles. The molecule has 0 heterocycles. The van der Waals surface area contributed by atoms with E-state index in [-0.39, 0.29) is 18.3 Å². The monoisotopic (exact) mass is 279 g/mol. The number of benzene rings is 2. The summed E-state index contributed by atoms with van der Waals surface area (Å²) in [6.07, 6.45) is 1.71. The molecule has 0 atom stereocenters. The summed E-state index contributed by atoms with van der Waals surface area (Å²) in [6, 6.07) is 13.1. The van der Waals surface area contributed by atoms with Crippen LogP contribution in [-0.4, -0.2) is 12.5 Å². The minimum atomic E-state index is -0.326. The van der Waals surface area contributed by atoms with Gasteiger partial charge in [0.15, 0.2) is 0 Å². The molecule has 0 bridgehead atoms. The quantitative estimate of drug-likeness (QED) is 0.859. The van der Waals surface area contributed by atoms with E-state index >= 15 is 0 Å². The zero-order valence-corrected chi connectivity index (χ0v) is 11.4. The van der Waals surface area contributed by atoms with E-state index in [2.05, 4.69) is 23.7 Å². The van der Waals surface area contributed by atoms with Crippen LogP contribution < -0.4 is 5.32 Å². The van der Waals surface area contributed by atoms with Crippen LogP contribution >= 0.6 is 0 Å². The van der Waals surface area contributed by atoms with Crippen molar-refractivity contribution in [2.45, 2.75) is 0 Å². The summed E-state index contributed by atoms with van der Waals surface area (Å²) in [6.45, 7) is 3.86. The van der Waals surface area contributed by atoms with Gasteiger partial charge in [-0.05, 0) is 35.9 Å². The maximum absolute atomic E-state index is 12.9. The summed E-state index contributed by atoms with van der Waals surface area (Å²) in [5.74, 6) is 5.06. The van der Waals surface area contributed by atoms with Crippen molar-refractivity contribution in [3.63, 3.8) is 0 Å². The number of hydrogen-bond acceptors (Lipinski definition) is 1. The fourth-order valence-electron chi connectivity index (χ4n) is 1.71. The van der Waals surface area contributed by atoms with Crippen LogP contribution in [0.4, 0.5) is 4.39 Å². The second-order valence-electron chi connectivity index (χ2n) is 4.32. The second kappa shape index (κ2) is 7.06. The molecule has 0 unspecified atom stereocenters. The van der Waals surface area contributed by atoms with Crippen molar-refractivity contribution in [1.29, 1.82) is 0 Å². The van der Waals surface area contributed by atoms with E-state index in [0.29, 0.717) is 11.1 Å². The van der Waals surface area contributed by atoms with E-state index in [1.807, 2.05) is 12.1 Å². The average Bonchev–Trinajstić information content (AvgIpc) is 2.51. The Balaban J connectivity index is 1.91. The third-order valence-corrected chi connectivity index (χ3v) is 2.80. The van der Waals surface area contributed by atoms with Crippen LogP contribution in [0.15, 0.2) is 55.1 Å². The minimum absolute atomic E-state index is 0.195. The van der Waals surface area contributed by atoms with Gasteiger partial charge >= 0.3 is 0 Å². The molecular formula is C18H14FNO. The maximum Gasteiger partial charge on any atom is 0.252 e. The first-order valence-corrected chi connectivity index (χ1v) is 6.44. The maximum atomic E-state index is 12.9. The molecule has 2 nitrogen and oxygen atoms in total. The molecule has 0 radical (unpaired) electrons. The first kappa shape index (κ1) is 14.5. The number of nitrogens with one attached hydrogen (secondary N) is 1. The summed E-state index contributed by atoms with van der Waals surface area (Å²) in [7, 11) is 0. The van der Waals surface area contributed by atoms with Gasteiger partial charge in [-0.2, -0.15) is 0 Å². The Labute approximate surface area is 123 Å². The molecule has 2 aromatic carbocycles. The van der Waals surface area contributed by atoms with Gasteiger partial charge in [-0.3, -0.25) is 4.79 Å². The number of hydrogen-bond donors (Lipinski definition) is 1. The molecule has 0 spiro atoms. The van der Waals surface area contributed by atoms with Crippen molar-refractivity contribution in [3.8, 4) is 11.8 Å². The molecule has 0 aliphatic carbocycles. The SMILES string of the molecule is C=Cc1ccc(C(=O)NCC#Cc2cccc(F)c2)cc1. The molecule has 2 aromatic rings. The number of rotatable bonds is 3. The molecule has 1 N–H and O–H groups in total. The van der Waals surface area contributed by atoms with Crippen LogP contribution in [-0.2, 0) is 0 Å². The zero-order valence-electron chi connectivity index (χ0n) is 11.4. The highest BCUT2D eigenvalue weighted by molar-refractivity contribution is 5.94. The van der Waals surface area contributed by atoms with Gasteiger partial charge < -0.3 is 5.32 Å². The van der Waals surface area contributed by atoms with Gasteiger partial charge in [0.05, 0.1) is 6.54 Å². The number of carbonyl (C=O) groups excluding carboxylic acids is 1. The molecule has 1 amide bonds. The van der Waals surface area contributed by atoms with Crippen molar-refractivity contribution in [2.75, 3.05) is 6.54 Å². The van der Waals surface area contributed by atoms with Gasteiger partial charge in [-0.15, -0.1) is 0 Å². The van der Waals surface area contributed by atoms with Crippen LogP contribution in [0.3, 0.4) is 0 Å². The smallest absolute Gasteiger partial charge is 0.252 e. The fourth-order valence-corrected chi connectivity index (χ4v) is 1.71. The molecule has 0 fully saturated rings. The molecule has 3 heteroatoms. The van der Waals surface area contributed by atoms with E-state index in [9.17, 15) is 9.18 Å². The van der Waals surface area contributed by atoms with Crippen LogP contribution in [0.2, 0.25) is 0 Å². The summed E-state index contributed by atoms with van der Waals surface area (Å²) >= 11 is 0. The van der Waals surface area contributed by atoms with Crippen molar-refractivity contribution in [2.24, 2.45) is 0 Å². The first-order valence-electron chi connectivity index (χ1n) is 6.44. The molecular weight excluding hydrogens is 265 g/mol. The Morgan fingerprint density at radius 1 is 1.24 bits per heavy atom. The predicted molar refractivity (Wildman–Crippen MR) is 82.1 cm³/mol. The number of carbonyl (C=O) groups is 1. The Hall–Kier alpha value is -2.86. The molecule has 2 rings (SSSR count). The van der Waals surface area contributed by atoms with Gasteiger partial charge in [-0.25, -0.2) is 4.39 Å². The summed E-state index contributed by atoms with van der Waals surface area (Å²) in [5, 5.41) is 2.69. The molecule has 0 aliphatic rings. The first-order chi connectivity index (χ1) is 10.2. The predicted octanol–water partition coefficient (Wildman–Crippen LogP) is 3.25. The molecule has 21 heavy (non-hydrogen) atoms. The average molecular weight is 279 g/mol. The van der Waals surface area contributed by atoms with E-state index in [0.717, 1.165) is 5.56 Å². The minimum Gasteiger partial charge on any atom is -0.341 e. The van der Waals surface area contributed by atoms with Crippen LogP contribution in [0, 0.1) is 17.7 Å². The lowest BCUT2D eigenvalue weighted by atomic mass is 10.1. The standard InChI is InChI=1S/C18H14FNO/c1-2-14-8-10-16(11-9-14)18(21)20-12-4-6-15-5-3-7-17(19)13-15/h2-3,5,7-11,13H,1,12H2,(H,20,21). The Morgan fingerprint density at radius 2 is 2.00 bits per heavy atom. The van der Waals surface area contributed by atoms with Gasteiger partial charge in [0, 0.05) is 11.1 Å². The number of halogens is 1. The van der Waals surface area contributed by atoms with Gasteiger partial charge in [0.1, 0.15) is 5.82 Å². The summed E-state index contributed by atoms with van der Waals surface area (Å²) in [5.41, 5.74) is 2.10. The van der Waals surface area contributed by atoms with Crippen LogP contribution in [0.5, 0.6) is 0 Å².